The van der Waals surface area contributed by atoms with E-state index < -0.39 is 5.82 Å². The third kappa shape index (κ3) is 2.91. The Hall–Kier alpha value is -2.49. The summed E-state index contributed by atoms with van der Waals surface area (Å²) in [6.07, 6.45) is 3.15. The number of ether oxygens (including phenoxy) is 1. The van der Waals surface area contributed by atoms with E-state index in [0.29, 0.717) is 16.9 Å². The van der Waals surface area contributed by atoms with Crippen LogP contribution in [-0.2, 0) is 6.42 Å². The molecule has 4 heteroatoms. The Morgan fingerprint density at radius 3 is 2.68 bits per heavy atom. The molecule has 0 aliphatic carbocycles. The predicted molar refractivity (Wildman–Crippen MR) is 87.0 cm³/mol. The van der Waals surface area contributed by atoms with E-state index in [4.69, 9.17) is 4.74 Å². The minimum Gasteiger partial charge on any atom is -0.496 e. The predicted octanol–water partition coefficient (Wildman–Crippen LogP) is 4.60. The molecule has 0 aromatic heterocycles. The summed E-state index contributed by atoms with van der Waals surface area (Å²) >= 11 is 0. The van der Waals surface area contributed by atoms with Gasteiger partial charge in [-0.2, -0.15) is 0 Å². The summed E-state index contributed by atoms with van der Waals surface area (Å²) in [5, 5.41) is 0. The Morgan fingerprint density at radius 1 is 1.32 bits per heavy atom. The number of aryl methyl sites for hydroxylation is 1. The van der Waals surface area contributed by atoms with Gasteiger partial charge in [0, 0.05) is 17.3 Å². The Balaban J connectivity index is 2.80. The molecule has 0 fully saturated rings. The SMILES string of the molecule is C/C=N\c1cc(-c2c(F)cccc2OC)c(C=O)cc1CC. The Kier molecular flexibility index (Phi) is 5.04. The van der Waals surface area contributed by atoms with Crippen LogP contribution >= 0.6 is 0 Å². The summed E-state index contributed by atoms with van der Waals surface area (Å²) < 4.78 is 19.5. The third-order valence-electron chi connectivity index (χ3n) is 3.49. The van der Waals surface area contributed by atoms with Crippen molar-refractivity contribution in [3.8, 4) is 16.9 Å². The lowest BCUT2D eigenvalue weighted by molar-refractivity contribution is 0.112. The molecular weight excluding hydrogens is 281 g/mol. The molecule has 0 bridgehead atoms. The maximum absolute atomic E-state index is 14.3. The number of halogens is 1. The van der Waals surface area contributed by atoms with Crippen molar-refractivity contribution in [2.75, 3.05) is 7.11 Å². The standard InChI is InChI=1S/C18H18FNO2/c1-4-12-9-13(11-21)14(10-16(12)20-5-2)18-15(19)7-6-8-17(18)22-3/h5-11H,4H2,1-3H3/b20-5-. The Labute approximate surface area is 129 Å². The number of benzene rings is 2. The number of hydrogen-bond donors (Lipinski definition) is 0. The second kappa shape index (κ2) is 6.98. The molecule has 114 valence electrons. The molecule has 0 aliphatic heterocycles. The van der Waals surface area contributed by atoms with Crippen molar-refractivity contribution in [1.29, 1.82) is 0 Å². The normalized spacial score (nSPS) is 10.9. The van der Waals surface area contributed by atoms with Crippen LogP contribution < -0.4 is 4.74 Å². The second-order valence-electron chi connectivity index (χ2n) is 4.74. The van der Waals surface area contributed by atoms with Gasteiger partial charge in [0.1, 0.15) is 11.6 Å². The summed E-state index contributed by atoms with van der Waals surface area (Å²) in [4.78, 5) is 15.8. The third-order valence-corrected chi connectivity index (χ3v) is 3.49. The van der Waals surface area contributed by atoms with Crippen LogP contribution in [0.1, 0.15) is 29.8 Å². The van der Waals surface area contributed by atoms with Crippen LogP contribution in [0.25, 0.3) is 11.1 Å². The number of carbonyl (C=O) groups excluding carboxylic acids is 1. The molecule has 0 saturated carbocycles. The summed E-state index contributed by atoms with van der Waals surface area (Å²) in [5.41, 5.74) is 2.87. The van der Waals surface area contributed by atoms with Gasteiger partial charge in [0.25, 0.3) is 0 Å². The minimum atomic E-state index is -0.432. The average molecular weight is 299 g/mol. The van der Waals surface area contributed by atoms with Crippen molar-refractivity contribution in [3.05, 3.63) is 47.3 Å². The van der Waals surface area contributed by atoms with Crippen LogP contribution in [0.3, 0.4) is 0 Å². The van der Waals surface area contributed by atoms with Gasteiger partial charge in [-0.1, -0.05) is 13.0 Å². The lowest BCUT2D eigenvalue weighted by Gasteiger charge is -2.14. The van der Waals surface area contributed by atoms with E-state index in [-0.39, 0.29) is 5.56 Å². The summed E-state index contributed by atoms with van der Waals surface area (Å²) in [7, 11) is 1.48. The van der Waals surface area contributed by atoms with Crippen molar-refractivity contribution in [2.45, 2.75) is 20.3 Å². The molecule has 0 unspecified atom stereocenters. The highest BCUT2D eigenvalue weighted by atomic mass is 19.1. The summed E-state index contributed by atoms with van der Waals surface area (Å²) in [6.45, 7) is 3.80. The van der Waals surface area contributed by atoms with Gasteiger partial charge in [0.05, 0.1) is 18.4 Å². The van der Waals surface area contributed by atoms with E-state index >= 15 is 0 Å². The second-order valence-corrected chi connectivity index (χ2v) is 4.74. The number of carbonyl (C=O) groups is 1. The number of nitrogens with zero attached hydrogens (tertiary/aromatic N) is 1. The topological polar surface area (TPSA) is 38.7 Å². The largest absolute Gasteiger partial charge is 0.496 e. The van der Waals surface area contributed by atoms with Crippen molar-refractivity contribution < 1.29 is 13.9 Å². The average Bonchev–Trinajstić information content (AvgIpc) is 2.54. The van der Waals surface area contributed by atoms with E-state index in [1.807, 2.05) is 13.8 Å². The molecule has 2 aromatic carbocycles. The first kappa shape index (κ1) is 15.9. The van der Waals surface area contributed by atoms with Crippen LogP contribution in [0.2, 0.25) is 0 Å². The van der Waals surface area contributed by atoms with E-state index in [0.717, 1.165) is 24.0 Å². The minimum absolute atomic E-state index is 0.280. The molecule has 0 radical (unpaired) electrons. The molecule has 2 aromatic rings. The molecule has 0 amide bonds. The number of methoxy groups -OCH3 is 1. The van der Waals surface area contributed by atoms with E-state index in [2.05, 4.69) is 4.99 Å². The highest BCUT2D eigenvalue weighted by Crippen LogP contribution is 2.37. The zero-order chi connectivity index (χ0) is 16.1. The van der Waals surface area contributed by atoms with Gasteiger partial charge in [0.15, 0.2) is 6.29 Å². The molecule has 0 spiro atoms. The lowest BCUT2D eigenvalue weighted by atomic mass is 9.95. The van der Waals surface area contributed by atoms with Gasteiger partial charge >= 0.3 is 0 Å². The number of aldehydes is 1. The summed E-state index contributed by atoms with van der Waals surface area (Å²) in [6, 6.07) is 8.09. The highest BCUT2D eigenvalue weighted by Gasteiger charge is 2.17. The zero-order valence-corrected chi connectivity index (χ0v) is 12.9. The van der Waals surface area contributed by atoms with E-state index in [1.54, 1.807) is 30.5 Å². The monoisotopic (exact) mass is 299 g/mol. The van der Waals surface area contributed by atoms with Crippen LogP contribution in [0.15, 0.2) is 35.3 Å². The maximum Gasteiger partial charge on any atom is 0.150 e. The van der Waals surface area contributed by atoms with Crippen LogP contribution in [-0.4, -0.2) is 19.6 Å². The van der Waals surface area contributed by atoms with Gasteiger partial charge in [-0.3, -0.25) is 9.79 Å². The highest BCUT2D eigenvalue weighted by molar-refractivity contribution is 5.91. The van der Waals surface area contributed by atoms with Crippen LogP contribution in [0.5, 0.6) is 5.75 Å². The fourth-order valence-electron chi connectivity index (χ4n) is 2.44. The molecule has 0 heterocycles. The fraction of sp³-hybridized carbons (Fsp3) is 0.222. The molecular formula is C18H18FNO2. The number of rotatable bonds is 5. The van der Waals surface area contributed by atoms with Crippen molar-refractivity contribution >= 4 is 18.2 Å². The van der Waals surface area contributed by atoms with Gasteiger partial charge in [0.2, 0.25) is 0 Å². The maximum atomic E-state index is 14.3. The quantitative estimate of drug-likeness (QED) is 0.598. The first-order valence-electron chi connectivity index (χ1n) is 7.09. The molecule has 3 nitrogen and oxygen atoms in total. The lowest BCUT2D eigenvalue weighted by Crippen LogP contribution is -1.97. The van der Waals surface area contributed by atoms with Crippen molar-refractivity contribution in [3.63, 3.8) is 0 Å². The molecule has 22 heavy (non-hydrogen) atoms. The smallest absolute Gasteiger partial charge is 0.150 e. The zero-order valence-electron chi connectivity index (χ0n) is 12.9. The van der Waals surface area contributed by atoms with Gasteiger partial charge in [-0.15, -0.1) is 0 Å². The van der Waals surface area contributed by atoms with Gasteiger partial charge in [-0.05, 0) is 43.2 Å². The van der Waals surface area contributed by atoms with Gasteiger partial charge in [-0.25, -0.2) is 4.39 Å². The molecule has 0 N–H and O–H groups in total. The summed E-state index contributed by atoms with van der Waals surface area (Å²) in [5.74, 6) is -0.0445. The first-order valence-corrected chi connectivity index (χ1v) is 7.09. The van der Waals surface area contributed by atoms with Gasteiger partial charge < -0.3 is 4.74 Å². The van der Waals surface area contributed by atoms with Crippen molar-refractivity contribution in [1.82, 2.24) is 0 Å². The number of aliphatic imine (C=N–C) groups is 1. The first-order chi connectivity index (χ1) is 10.7. The molecule has 0 atom stereocenters. The van der Waals surface area contributed by atoms with E-state index in [9.17, 15) is 9.18 Å². The molecule has 0 aliphatic rings. The Bertz CT molecular complexity index is 723. The Morgan fingerprint density at radius 2 is 2.09 bits per heavy atom. The van der Waals surface area contributed by atoms with Crippen molar-refractivity contribution in [2.24, 2.45) is 4.99 Å². The fourth-order valence-corrected chi connectivity index (χ4v) is 2.44. The van der Waals surface area contributed by atoms with E-state index in [1.165, 1.54) is 13.2 Å². The van der Waals surface area contributed by atoms with Crippen LogP contribution in [0.4, 0.5) is 10.1 Å². The molecule has 2 rings (SSSR count). The van der Waals surface area contributed by atoms with Crippen LogP contribution in [0, 0.1) is 5.82 Å². The molecule has 0 saturated heterocycles. The number of hydrogen-bond acceptors (Lipinski definition) is 3.